The van der Waals surface area contributed by atoms with Gasteiger partial charge in [-0.25, -0.2) is 18.9 Å². The van der Waals surface area contributed by atoms with Crippen LogP contribution in [0.2, 0.25) is 0 Å². The third-order valence-corrected chi connectivity index (χ3v) is 10.00. The van der Waals surface area contributed by atoms with E-state index in [1.165, 1.54) is 22.6 Å². The van der Waals surface area contributed by atoms with E-state index in [9.17, 15) is 18.0 Å². The van der Waals surface area contributed by atoms with E-state index in [1.807, 2.05) is 30.3 Å². The van der Waals surface area contributed by atoms with Crippen LogP contribution < -0.4 is 11.2 Å². The quantitative estimate of drug-likeness (QED) is 0.317. The summed E-state index contributed by atoms with van der Waals surface area (Å²) in [6.45, 7) is -0.0906. The number of nitrogens with two attached hydrogens (primary N) is 1. The number of thiophene rings is 1. The van der Waals surface area contributed by atoms with Gasteiger partial charge in [-0.15, -0.1) is 23.7 Å². The van der Waals surface area contributed by atoms with Crippen molar-refractivity contribution in [3.63, 3.8) is 0 Å². The molecule has 0 spiro atoms. The molecule has 0 aliphatic carbocycles. The number of amides is 2. The zero-order chi connectivity index (χ0) is 24.3. The Bertz CT molecular complexity index is 1280. The van der Waals surface area contributed by atoms with Crippen LogP contribution in [0.4, 0.5) is 0 Å². The van der Waals surface area contributed by atoms with E-state index in [0.29, 0.717) is 10.6 Å². The van der Waals surface area contributed by atoms with E-state index in [4.69, 9.17) is 15.4 Å². The molecule has 1 unspecified atom stereocenters. The fraction of sp³-hybridized carbons (Fsp3) is 0.318. The largest absolute Gasteiger partial charge is 0.444 e. The van der Waals surface area contributed by atoms with Crippen molar-refractivity contribution in [2.24, 2.45) is 5.73 Å². The van der Waals surface area contributed by atoms with Gasteiger partial charge in [0.05, 0.1) is 24.9 Å². The number of oxazole rings is 1. The maximum Gasteiger partial charge on any atom is 0.245 e. The minimum Gasteiger partial charge on any atom is -0.444 e. The highest BCUT2D eigenvalue weighted by molar-refractivity contribution is 7.92. The van der Waals surface area contributed by atoms with E-state index < -0.39 is 26.9 Å². The molecule has 3 heterocycles. The summed E-state index contributed by atoms with van der Waals surface area (Å²) >= 11 is 1.27. The van der Waals surface area contributed by atoms with E-state index in [0.717, 1.165) is 16.0 Å². The molecule has 1 fully saturated rings. The Kier molecular flexibility index (Phi) is 8.34. The van der Waals surface area contributed by atoms with Crippen LogP contribution >= 0.6 is 23.7 Å². The van der Waals surface area contributed by atoms with Crippen molar-refractivity contribution >= 4 is 45.4 Å². The molecule has 0 bridgehead atoms. The number of carbonyl (C=O) groups excluding carboxylic acids is 2. The Balaban J connectivity index is 0.00000342. The van der Waals surface area contributed by atoms with Gasteiger partial charge in [-0.3, -0.25) is 14.8 Å². The third-order valence-electron chi connectivity index (χ3n) is 6.05. The predicted molar refractivity (Wildman–Crippen MR) is 133 cm³/mol. The number of sulfone groups is 1. The van der Waals surface area contributed by atoms with Crippen molar-refractivity contribution in [2.75, 3.05) is 25.4 Å². The number of hydroxylamine groups is 1. The average Bonchev–Trinajstić information content (AvgIpc) is 3.53. The molecule has 3 aromatic rings. The van der Waals surface area contributed by atoms with Crippen molar-refractivity contribution in [2.45, 2.75) is 17.6 Å². The number of rotatable bonds is 6. The smallest absolute Gasteiger partial charge is 0.245 e. The topological polar surface area (TPSA) is 156 Å². The minimum absolute atomic E-state index is 0. The van der Waals surface area contributed by atoms with Crippen LogP contribution in [0.5, 0.6) is 0 Å². The molecule has 10 nitrogen and oxygen atoms in total. The van der Waals surface area contributed by atoms with Gasteiger partial charge < -0.3 is 15.1 Å². The fourth-order valence-electron chi connectivity index (χ4n) is 4.14. The highest BCUT2D eigenvalue weighted by Gasteiger charge is 2.49. The third kappa shape index (κ3) is 5.26. The van der Waals surface area contributed by atoms with E-state index in [1.54, 1.807) is 17.7 Å². The summed E-state index contributed by atoms with van der Waals surface area (Å²) in [5.41, 5.74) is 8.74. The standard InChI is InChI=1S/C22H24N4O6S2.ClH/c23-12-21(28)26-8-7-22(11-20(27)25-29,34(30,31)10-9-26)19-6-5-18(33-19)16-3-1-15(2-4-16)17-13-24-14-32-17;/h1-6,13-14,29H,7-12,23H2,(H,25,27);1H. The Morgan fingerprint density at radius 2 is 1.89 bits per heavy atom. The summed E-state index contributed by atoms with van der Waals surface area (Å²) in [5.74, 6) is -0.838. The molecule has 35 heavy (non-hydrogen) atoms. The first-order chi connectivity index (χ1) is 16.3. The van der Waals surface area contributed by atoms with Crippen LogP contribution in [0.25, 0.3) is 21.8 Å². The number of halogens is 1. The molecule has 2 amide bonds. The van der Waals surface area contributed by atoms with Gasteiger partial charge >= 0.3 is 0 Å². The lowest BCUT2D eigenvalue weighted by Crippen LogP contribution is -2.41. The van der Waals surface area contributed by atoms with Crippen molar-refractivity contribution in [3.8, 4) is 21.8 Å². The normalized spacial score (nSPS) is 19.4. The van der Waals surface area contributed by atoms with Crippen LogP contribution in [-0.4, -0.2) is 60.7 Å². The highest BCUT2D eigenvalue weighted by Crippen LogP contribution is 2.45. The van der Waals surface area contributed by atoms with Crippen LogP contribution in [0, 0.1) is 0 Å². The zero-order valence-electron chi connectivity index (χ0n) is 18.5. The molecule has 2 aromatic heterocycles. The molecule has 4 N–H and O–H groups in total. The average molecular weight is 541 g/mol. The summed E-state index contributed by atoms with van der Waals surface area (Å²) in [6.07, 6.45) is 2.52. The number of nitrogens with zero attached hydrogens (tertiary/aromatic N) is 2. The molecule has 0 radical (unpaired) electrons. The van der Waals surface area contributed by atoms with Crippen LogP contribution in [0.1, 0.15) is 17.7 Å². The van der Waals surface area contributed by atoms with Gasteiger partial charge in [-0.1, -0.05) is 24.3 Å². The molecule has 1 aromatic carbocycles. The van der Waals surface area contributed by atoms with Gasteiger partial charge in [0.15, 0.2) is 22.0 Å². The molecule has 13 heteroatoms. The van der Waals surface area contributed by atoms with E-state index in [2.05, 4.69) is 4.98 Å². The molecule has 1 saturated heterocycles. The number of hydrogen-bond donors (Lipinski definition) is 3. The van der Waals surface area contributed by atoms with E-state index >= 15 is 0 Å². The van der Waals surface area contributed by atoms with Crippen molar-refractivity contribution < 1.29 is 27.6 Å². The zero-order valence-corrected chi connectivity index (χ0v) is 21.0. The van der Waals surface area contributed by atoms with Crippen molar-refractivity contribution in [3.05, 3.63) is 53.9 Å². The van der Waals surface area contributed by atoms with Crippen molar-refractivity contribution in [1.29, 1.82) is 0 Å². The molecule has 1 aliphatic rings. The summed E-state index contributed by atoms with van der Waals surface area (Å²) in [7, 11) is -3.88. The lowest BCUT2D eigenvalue weighted by molar-refractivity contribution is -0.130. The maximum absolute atomic E-state index is 13.5. The number of hydrogen-bond acceptors (Lipinski definition) is 9. The Labute approximate surface area is 212 Å². The second kappa shape index (κ2) is 10.9. The lowest BCUT2D eigenvalue weighted by atomic mass is 9.97. The number of benzene rings is 1. The van der Waals surface area contributed by atoms with Gasteiger partial charge in [-0.05, 0) is 24.1 Å². The van der Waals surface area contributed by atoms with Gasteiger partial charge in [0.1, 0.15) is 4.75 Å². The first-order valence-electron chi connectivity index (χ1n) is 10.5. The molecular formula is C22H25ClN4O6S2. The lowest BCUT2D eigenvalue weighted by Gasteiger charge is -2.30. The van der Waals surface area contributed by atoms with Gasteiger partial charge in [0.2, 0.25) is 11.8 Å². The second-order valence-corrected chi connectivity index (χ2v) is 11.5. The highest BCUT2D eigenvalue weighted by atomic mass is 35.5. The maximum atomic E-state index is 13.5. The summed E-state index contributed by atoms with van der Waals surface area (Å²) in [6, 6.07) is 11.1. The summed E-state index contributed by atoms with van der Waals surface area (Å²) in [5, 5.41) is 9.15. The van der Waals surface area contributed by atoms with Crippen LogP contribution in [0.3, 0.4) is 0 Å². The molecular weight excluding hydrogens is 516 g/mol. The van der Waals surface area contributed by atoms with E-state index in [-0.39, 0.29) is 50.1 Å². The first-order valence-corrected chi connectivity index (χ1v) is 13.0. The van der Waals surface area contributed by atoms with Crippen LogP contribution in [0.15, 0.2) is 53.4 Å². The van der Waals surface area contributed by atoms with Gasteiger partial charge in [-0.2, -0.15) is 0 Å². The minimum atomic E-state index is -3.88. The van der Waals surface area contributed by atoms with Crippen LogP contribution in [-0.2, 0) is 24.2 Å². The number of aromatic nitrogens is 1. The van der Waals surface area contributed by atoms with Gasteiger partial charge in [0, 0.05) is 28.4 Å². The Hall–Kier alpha value is -2.77. The fourth-order valence-corrected chi connectivity index (χ4v) is 7.75. The molecule has 4 rings (SSSR count). The monoisotopic (exact) mass is 540 g/mol. The van der Waals surface area contributed by atoms with Gasteiger partial charge in [0.25, 0.3) is 0 Å². The van der Waals surface area contributed by atoms with Crippen molar-refractivity contribution in [1.82, 2.24) is 15.4 Å². The summed E-state index contributed by atoms with van der Waals surface area (Å²) < 4.78 is 30.8. The molecule has 1 atom stereocenters. The molecule has 1 aliphatic heterocycles. The Morgan fingerprint density at radius 1 is 1.17 bits per heavy atom. The second-order valence-electron chi connectivity index (χ2n) is 7.97. The molecule has 0 saturated carbocycles. The number of carbonyl (C=O) groups is 2. The number of nitrogens with one attached hydrogen (secondary N) is 1. The first kappa shape index (κ1) is 26.8. The molecule has 188 valence electrons. The SMILES string of the molecule is Cl.NCC(=O)N1CCC(CC(=O)NO)(c2ccc(-c3ccc(-c4cnco4)cc3)s2)S(=O)(=O)CC1. The predicted octanol–water partition coefficient (Wildman–Crippen LogP) is 2.19. The Morgan fingerprint density at radius 3 is 2.51 bits per heavy atom. The summed E-state index contributed by atoms with van der Waals surface area (Å²) in [4.78, 5) is 31.0.